The van der Waals surface area contributed by atoms with Crippen molar-refractivity contribution in [3.63, 3.8) is 0 Å². The van der Waals surface area contributed by atoms with Crippen molar-refractivity contribution in [2.75, 3.05) is 18.0 Å². The predicted molar refractivity (Wildman–Crippen MR) is 56.0 cm³/mol. The molecule has 0 saturated carbocycles. The molecule has 1 aromatic rings. The highest BCUT2D eigenvalue weighted by Gasteiger charge is 2.20. The number of para-hydroxylation sites is 1. The van der Waals surface area contributed by atoms with Gasteiger partial charge in [-0.3, -0.25) is 0 Å². The molecule has 0 spiro atoms. The summed E-state index contributed by atoms with van der Waals surface area (Å²) in [6.07, 6.45) is 1.01. The maximum absolute atomic E-state index is 8.94. The maximum atomic E-state index is 8.94. The van der Waals surface area contributed by atoms with Crippen LogP contribution in [-0.4, -0.2) is 19.1 Å². The number of anilines is 1. The zero-order valence-electron chi connectivity index (χ0n) is 7.98. The summed E-state index contributed by atoms with van der Waals surface area (Å²) >= 11 is 0. The van der Waals surface area contributed by atoms with Gasteiger partial charge >= 0.3 is 0 Å². The largest absolute Gasteiger partial charge is 0.369 e. The van der Waals surface area contributed by atoms with E-state index in [0.717, 1.165) is 30.8 Å². The molecule has 1 atom stereocenters. The highest BCUT2D eigenvalue weighted by molar-refractivity contribution is 5.59. The molecule has 3 heteroatoms. The lowest BCUT2D eigenvalue weighted by Crippen LogP contribution is -2.26. The van der Waals surface area contributed by atoms with Crippen LogP contribution in [-0.2, 0) is 0 Å². The molecule has 1 aliphatic rings. The van der Waals surface area contributed by atoms with Crippen LogP contribution in [0.15, 0.2) is 24.3 Å². The second-order valence-corrected chi connectivity index (χ2v) is 3.62. The minimum absolute atomic E-state index is 0.252. The smallest absolute Gasteiger partial charge is 0.101 e. The molecule has 1 saturated heterocycles. The topological polar surface area (TPSA) is 53.0 Å². The monoisotopic (exact) mass is 187 g/mol. The highest BCUT2D eigenvalue weighted by atomic mass is 15.2. The van der Waals surface area contributed by atoms with E-state index < -0.39 is 0 Å². The first kappa shape index (κ1) is 9.04. The molecule has 0 amide bonds. The van der Waals surface area contributed by atoms with Crippen LogP contribution in [0.5, 0.6) is 0 Å². The summed E-state index contributed by atoms with van der Waals surface area (Å²) in [5, 5.41) is 8.94. The molecule has 0 bridgehead atoms. The standard InChI is InChI=1S/C11H13N3/c12-7-9-3-1-2-4-11(9)14-6-5-10(13)8-14/h1-4,10H,5-6,8,13H2/t10-/m1/s1. The van der Waals surface area contributed by atoms with Gasteiger partial charge in [0.1, 0.15) is 6.07 Å². The Morgan fingerprint density at radius 3 is 2.86 bits per heavy atom. The van der Waals surface area contributed by atoms with Gasteiger partial charge in [-0.15, -0.1) is 0 Å². The van der Waals surface area contributed by atoms with Gasteiger partial charge in [0.15, 0.2) is 0 Å². The molecule has 0 unspecified atom stereocenters. The molecule has 14 heavy (non-hydrogen) atoms. The lowest BCUT2D eigenvalue weighted by Gasteiger charge is -2.18. The SMILES string of the molecule is N#Cc1ccccc1N1CC[C@@H](N)C1. The van der Waals surface area contributed by atoms with Gasteiger partial charge in [0, 0.05) is 19.1 Å². The number of nitrogens with two attached hydrogens (primary N) is 1. The van der Waals surface area contributed by atoms with Crippen molar-refractivity contribution in [3.05, 3.63) is 29.8 Å². The van der Waals surface area contributed by atoms with E-state index in [1.54, 1.807) is 0 Å². The van der Waals surface area contributed by atoms with Crippen molar-refractivity contribution < 1.29 is 0 Å². The van der Waals surface area contributed by atoms with Crippen LogP contribution in [0, 0.1) is 11.3 Å². The third-order valence-electron chi connectivity index (χ3n) is 2.59. The molecule has 3 nitrogen and oxygen atoms in total. The van der Waals surface area contributed by atoms with Crippen LogP contribution in [0.1, 0.15) is 12.0 Å². The molecule has 1 aliphatic heterocycles. The van der Waals surface area contributed by atoms with Gasteiger partial charge in [-0.2, -0.15) is 5.26 Å². The van der Waals surface area contributed by atoms with Crippen molar-refractivity contribution >= 4 is 5.69 Å². The first-order valence-electron chi connectivity index (χ1n) is 4.81. The third kappa shape index (κ3) is 1.57. The minimum atomic E-state index is 0.252. The summed E-state index contributed by atoms with van der Waals surface area (Å²) in [4.78, 5) is 2.18. The van der Waals surface area contributed by atoms with E-state index in [0.29, 0.717) is 0 Å². The molecule has 1 heterocycles. The summed E-state index contributed by atoms with van der Waals surface area (Å²) in [7, 11) is 0. The number of nitrogens with zero attached hydrogens (tertiary/aromatic N) is 2. The molecule has 1 aromatic carbocycles. The number of hydrogen-bond donors (Lipinski definition) is 1. The van der Waals surface area contributed by atoms with Crippen molar-refractivity contribution in [1.29, 1.82) is 5.26 Å². The number of rotatable bonds is 1. The minimum Gasteiger partial charge on any atom is -0.369 e. The van der Waals surface area contributed by atoms with Gasteiger partial charge in [-0.05, 0) is 18.6 Å². The van der Waals surface area contributed by atoms with Gasteiger partial charge in [0.05, 0.1) is 11.3 Å². The summed E-state index contributed by atoms with van der Waals surface area (Å²) in [5.41, 5.74) is 7.58. The zero-order valence-corrected chi connectivity index (χ0v) is 7.98. The van der Waals surface area contributed by atoms with Crippen molar-refractivity contribution in [2.45, 2.75) is 12.5 Å². The molecular weight excluding hydrogens is 174 g/mol. The summed E-state index contributed by atoms with van der Waals surface area (Å²) in [6.45, 7) is 1.82. The fraction of sp³-hybridized carbons (Fsp3) is 0.364. The quantitative estimate of drug-likeness (QED) is 0.716. The summed E-state index contributed by atoms with van der Waals surface area (Å²) in [5.74, 6) is 0. The van der Waals surface area contributed by atoms with Gasteiger partial charge < -0.3 is 10.6 Å². The van der Waals surface area contributed by atoms with Crippen LogP contribution in [0.4, 0.5) is 5.69 Å². The number of nitriles is 1. The predicted octanol–water partition coefficient (Wildman–Crippen LogP) is 1.10. The molecule has 0 aliphatic carbocycles. The van der Waals surface area contributed by atoms with Crippen molar-refractivity contribution in [2.24, 2.45) is 5.73 Å². The first-order valence-corrected chi connectivity index (χ1v) is 4.81. The van der Waals surface area contributed by atoms with Gasteiger partial charge in [-0.1, -0.05) is 12.1 Å². The van der Waals surface area contributed by atoms with Gasteiger partial charge in [-0.25, -0.2) is 0 Å². The van der Waals surface area contributed by atoms with E-state index in [1.165, 1.54) is 0 Å². The Bertz CT molecular complexity index is 367. The average molecular weight is 187 g/mol. The Labute approximate surface area is 83.7 Å². The zero-order chi connectivity index (χ0) is 9.97. The molecule has 1 fully saturated rings. The van der Waals surface area contributed by atoms with E-state index in [2.05, 4.69) is 11.0 Å². The summed E-state index contributed by atoms with van der Waals surface area (Å²) in [6, 6.07) is 10.1. The Morgan fingerprint density at radius 2 is 2.21 bits per heavy atom. The van der Waals surface area contributed by atoms with E-state index in [9.17, 15) is 0 Å². The number of benzene rings is 1. The Hall–Kier alpha value is -1.53. The van der Waals surface area contributed by atoms with Crippen LogP contribution in [0.2, 0.25) is 0 Å². The normalized spacial score (nSPS) is 20.9. The fourth-order valence-corrected chi connectivity index (χ4v) is 1.85. The molecule has 2 rings (SSSR count). The van der Waals surface area contributed by atoms with E-state index in [4.69, 9.17) is 11.0 Å². The Balaban J connectivity index is 2.28. The number of hydrogen-bond acceptors (Lipinski definition) is 3. The first-order chi connectivity index (χ1) is 6.81. The van der Waals surface area contributed by atoms with Crippen molar-refractivity contribution in [1.82, 2.24) is 0 Å². The van der Waals surface area contributed by atoms with E-state index in [1.807, 2.05) is 24.3 Å². The molecule has 2 N–H and O–H groups in total. The van der Waals surface area contributed by atoms with Crippen LogP contribution in [0.3, 0.4) is 0 Å². The lowest BCUT2D eigenvalue weighted by molar-refractivity contribution is 0.752. The van der Waals surface area contributed by atoms with Crippen LogP contribution in [0.25, 0.3) is 0 Å². The maximum Gasteiger partial charge on any atom is 0.101 e. The van der Waals surface area contributed by atoms with Crippen LogP contribution < -0.4 is 10.6 Å². The fourth-order valence-electron chi connectivity index (χ4n) is 1.85. The Morgan fingerprint density at radius 1 is 1.43 bits per heavy atom. The second-order valence-electron chi connectivity index (χ2n) is 3.62. The molecular formula is C11H13N3. The Kier molecular flexibility index (Phi) is 2.38. The lowest BCUT2D eigenvalue weighted by atomic mass is 10.2. The summed E-state index contributed by atoms with van der Waals surface area (Å²) < 4.78 is 0. The van der Waals surface area contributed by atoms with Gasteiger partial charge in [0.25, 0.3) is 0 Å². The second kappa shape index (κ2) is 3.69. The van der Waals surface area contributed by atoms with Crippen LogP contribution >= 0.6 is 0 Å². The van der Waals surface area contributed by atoms with E-state index in [-0.39, 0.29) is 6.04 Å². The third-order valence-corrected chi connectivity index (χ3v) is 2.59. The molecule has 72 valence electrons. The van der Waals surface area contributed by atoms with E-state index >= 15 is 0 Å². The molecule has 0 radical (unpaired) electrons. The van der Waals surface area contributed by atoms with Gasteiger partial charge in [0.2, 0.25) is 0 Å². The highest BCUT2D eigenvalue weighted by Crippen LogP contribution is 2.23. The molecule has 0 aromatic heterocycles. The average Bonchev–Trinajstić information content (AvgIpc) is 2.65. The van der Waals surface area contributed by atoms with Crippen molar-refractivity contribution in [3.8, 4) is 6.07 Å².